The van der Waals surface area contributed by atoms with Crippen LogP contribution in [-0.2, 0) is 0 Å². The minimum Gasteiger partial charge on any atom is -0.244 e. The van der Waals surface area contributed by atoms with Crippen molar-refractivity contribution in [2.24, 2.45) is 23.7 Å². The van der Waals surface area contributed by atoms with E-state index in [1.54, 1.807) is 0 Å². The quantitative estimate of drug-likeness (QED) is 0.593. The van der Waals surface area contributed by atoms with Gasteiger partial charge in [0, 0.05) is 0 Å². The first kappa shape index (κ1) is 15.0. The number of alkyl halides is 2. The van der Waals surface area contributed by atoms with Crippen LogP contribution in [0.15, 0.2) is 12.7 Å². The highest BCUT2D eigenvalue weighted by molar-refractivity contribution is 4.91. The molecule has 0 N–H and O–H groups in total. The molecule has 2 aliphatic carbocycles. The highest BCUT2D eigenvalue weighted by atomic mass is 19.2. The summed E-state index contributed by atoms with van der Waals surface area (Å²) in [6, 6.07) is 0. The average molecular weight is 270 g/mol. The smallest absolute Gasteiger partial charge is 0.134 e. The minimum absolute atomic E-state index is 0.00782. The van der Waals surface area contributed by atoms with Crippen molar-refractivity contribution in [2.45, 2.75) is 70.6 Å². The van der Waals surface area contributed by atoms with Crippen molar-refractivity contribution in [3.63, 3.8) is 0 Å². The normalized spacial score (nSPS) is 43.9. The maximum absolute atomic E-state index is 14.2. The largest absolute Gasteiger partial charge is 0.244 e. The number of halogens is 2. The molecule has 2 heteroatoms. The predicted octanol–water partition coefficient (Wildman–Crippen LogP) is 5.48. The first-order valence-corrected chi connectivity index (χ1v) is 8.02. The predicted molar refractivity (Wildman–Crippen MR) is 76.6 cm³/mol. The molecule has 0 heterocycles. The van der Waals surface area contributed by atoms with Gasteiger partial charge in [-0.1, -0.05) is 25.8 Å². The first-order valence-electron chi connectivity index (χ1n) is 8.02. The molecule has 0 bridgehead atoms. The summed E-state index contributed by atoms with van der Waals surface area (Å²) in [7, 11) is 0. The molecule has 0 amide bonds. The van der Waals surface area contributed by atoms with E-state index in [1.807, 2.05) is 13.0 Å². The van der Waals surface area contributed by atoms with Crippen LogP contribution in [0, 0.1) is 23.7 Å². The Bertz CT molecular complexity index is 281. The van der Waals surface area contributed by atoms with Gasteiger partial charge in [0.05, 0.1) is 0 Å². The summed E-state index contributed by atoms with van der Waals surface area (Å²) in [5, 5.41) is 0. The highest BCUT2D eigenvalue weighted by Gasteiger charge is 2.42. The molecular formula is C17H28F2. The Balaban J connectivity index is 1.82. The molecule has 0 aromatic rings. The summed E-state index contributed by atoms with van der Waals surface area (Å²) in [5.41, 5.74) is 0. The molecule has 2 rings (SSSR count). The fourth-order valence-electron chi connectivity index (χ4n) is 4.08. The van der Waals surface area contributed by atoms with E-state index in [0.29, 0.717) is 5.92 Å². The van der Waals surface area contributed by atoms with E-state index in [4.69, 9.17) is 0 Å². The lowest BCUT2D eigenvalue weighted by Gasteiger charge is -2.40. The summed E-state index contributed by atoms with van der Waals surface area (Å²) < 4.78 is 28.0. The second-order valence-electron chi connectivity index (χ2n) is 6.75. The third kappa shape index (κ3) is 3.58. The highest BCUT2D eigenvalue weighted by Crippen LogP contribution is 2.44. The molecule has 4 atom stereocenters. The van der Waals surface area contributed by atoms with Crippen molar-refractivity contribution in [1.29, 1.82) is 0 Å². The summed E-state index contributed by atoms with van der Waals surface area (Å²) in [6.45, 7) is 5.61. The molecule has 2 saturated carbocycles. The molecule has 0 saturated heterocycles. The zero-order valence-electron chi connectivity index (χ0n) is 12.2. The third-order valence-corrected chi connectivity index (χ3v) is 5.49. The Labute approximate surface area is 116 Å². The molecule has 2 fully saturated rings. The van der Waals surface area contributed by atoms with Crippen LogP contribution in [0.4, 0.5) is 8.78 Å². The molecule has 0 aliphatic heterocycles. The molecule has 0 aromatic carbocycles. The Hall–Kier alpha value is -0.400. The molecule has 110 valence electrons. The van der Waals surface area contributed by atoms with Crippen molar-refractivity contribution in [1.82, 2.24) is 0 Å². The monoisotopic (exact) mass is 270 g/mol. The Morgan fingerprint density at radius 3 is 2.32 bits per heavy atom. The standard InChI is InChI=1S/C17H28F2/c1-3-4-5-13-7-9-14(10-8-13)15-11-6-12(2)16(18)17(15)19/h3,12-17H,1,4-11H2,2H3. The van der Waals surface area contributed by atoms with Gasteiger partial charge >= 0.3 is 0 Å². The van der Waals surface area contributed by atoms with Gasteiger partial charge in [-0.05, 0) is 62.2 Å². The van der Waals surface area contributed by atoms with Crippen LogP contribution in [0.3, 0.4) is 0 Å². The van der Waals surface area contributed by atoms with E-state index in [-0.39, 0.29) is 11.8 Å². The van der Waals surface area contributed by atoms with E-state index in [2.05, 4.69) is 6.58 Å². The second-order valence-corrected chi connectivity index (χ2v) is 6.75. The molecule has 19 heavy (non-hydrogen) atoms. The van der Waals surface area contributed by atoms with Crippen LogP contribution in [0.1, 0.15) is 58.3 Å². The molecule has 0 spiro atoms. The van der Waals surface area contributed by atoms with Crippen LogP contribution < -0.4 is 0 Å². The van der Waals surface area contributed by atoms with Crippen molar-refractivity contribution in [3.05, 3.63) is 12.7 Å². The zero-order chi connectivity index (χ0) is 13.8. The van der Waals surface area contributed by atoms with Crippen LogP contribution in [-0.4, -0.2) is 12.3 Å². The Morgan fingerprint density at radius 1 is 1.00 bits per heavy atom. The van der Waals surface area contributed by atoms with E-state index in [0.717, 1.165) is 38.0 Å². The summed E-state index contributed by atoms with van der Waals surface area (Å²) in [6.07, 6.45) is 8.24. The van der Waals surface area contributed by atoms with Crippen LogP contribution in [0.25, 0.3) is 0 Å². The molecular weight excluding hydrogens is 242 g/mol. The first-order chi connectivity index (χ1) is 9.13. The van der Waals surface area contributed by atoms with Crippen molar-refractivity contribution < 1.29 is 8.78 Å². The Kier molecular flexibility index (Phi) is 5.41. The van der Waals surface area contributed by atoms with Gasteiger partial charge in [-0.2, -0.15) is 0 Å². The van der Waals surface area contributed by atoms with E-state index in [9.17, 15) is 8.78 Å². The fourth-order valence-corrected chi connectivity index (χ4v) is 4.08. The molecule has 2 aliphatic rings. The van der Waals surface area contributed by atoms with Crippen LogP contribution in [0.2, 0.25) is 0 Å². The van der Waals surface area contributed by atoms with Gasteiger partial charge in [0.2, 0.25) is 0 Å². The van der Waals surface area contributed by atoms with Crippen molar-refractivity contribution in [3.8, 4) is 0 Å². The van der Waals surface area contributed by atoms with Gasteiger partial charge in [0.25, 0.3) is 0 Å². The molecule has 0 radical (unpaired) electrons. The van der Waals surface area contributed by atoms with Gasteiger partial charge < -0.3 is 0 Å². The zero-order valence-corrected chi connectivity index (χ0v) is 12.2. The van der Waals surface area contributed by atoms with Gasteiger partial charge in [0.15, 0.2) is 0 Å². The molecule has 0 aromatic heterocycles. The van der Waals surface area contributed by atoms with Gasteiger partial charge in [-0.25, -0.2) is 8.78 Å². The average Bonchev–Trinajstić information content (AvgIpc) is 2.44. The third-order valence-electron chi connectivity index (χ3n) is 5.49. The van der Waals surface area contributed by atoms with Crippen LogP contribution in [0.5, 0.6) is 0 Å². The lowest BCUT2D eigenvalue weighted by molar-refractivity contribution is -0.00659. The summed E-state index contributed by atoms with van der Waals surface area (Å²) >= 11 is 0. The number of hydrogen-bond donors (Lipinski definition) is 0. The van der Waals surface area contributed by atoms with Gasteiger partial charge in [-0.3, -0.25) is 0 Å². The van der Waals surface area contributed by atoms with Gasteiger partial charge in [-0.15, -0.1) is 6.58 Å². The fraction of sp³-hybridized carbons (Fsp3) is 0.882. The minimum atomic E-state index is -1.22. The topological polar surface area (TPSA) is 0 Å². The SMILES string of the molecule is C=CCCC1CCC(C2CCC(C)C(F)C2F)CC1. The van der Waals surface area contributed by atoms with E-state index in [1.165, 1.54) is 19.3 Å². The maximum atomic E-state index is 14.2. The summed E-state index contributed by atoms with van der Waals surface area (Å²) in [4.78, 5) is 0. The Morgan fingerprint density at radius 2 is 1.68 bits per heavy atom. The van der Waals surface area contributed by atoms with Crippen LogP contribution >= 0.6 is 0 Å². The number of hydrogen-bond acceptors (Lipinski definition) is 0. The lowest BCUT2D eigenvalue weighted by atomic mass is 9.67. The van der Waals surface area contributed by atoms with Crippen molar-refractivity contribution in [2.75, 3.05) is 0 Å². The summed E-state index contributed by atoms with van der Waals surface area (Å²) in [5.74, 6) is 1.12. The molecule has 0 nitrogen and oxygen atoms in total. The van der Waals surface area contributed by atoms with Gasteiger partial charge in [0.1, 0.15) is 12.3 Å². The van der Waals surface area contributed by atoms with E-state index < -0.39 is 12.3 Å². The van der Waals surface area contributed by atoms with Crippen molar-refractivity contribution >= 4 is 0 Å². The lowest BCUT2D eigenvalue weighted by Crippen LogP contribution is -2.41. The maximum Gasteiger partial charge on any atom is 0.134 e. The number of rotatable bonds is 4. The van der Waals surface area contributed by atoms with E-state index >= 15 is 0 Å². The molecule has 4 unspecified atom stereocenters. The second kappa shape index (κ2) is 6.85. The number of allylic oxidation sites excluding steroid dienone is 1.